The van der Waals surface area contributed by atoms with Crippen LogP contribution in [0.25, 0.3) is 0 Å². The zero-order valence-corrected chi connectivity index (χ0v) is 16.2. The summed E-state index contributed by atoms with van der Waals surface area (Å²) in [7, 11) is 0.126. The number of halogens is 1. The van der Waals surface area contributed by atoms with Crippen LogP contribution in [0.3, 0.4) is 0 Å². The Kier molecular flexibility index (Phi) is 6.84. The van der Waals surface area contributed by atoms with Crippen LogP contribution in [0.5, 0.6) is 0 Å². The van der Waals surface area contributed by atoms with E-state index in [0.717, 1.165) is 17.0 Å². The Morgan fingerprint density at radius 2 is 2.00 bits per heavy atom. The van der Waals surface area contributed by atoms with E-state index in [1.165, 1.54) is 0 Å². The Bertz CT molecular complexity index is 633. The van der Waals surface area contributed by atoms with Crippen molar-refractivity contribution >= 4 is 34.2 Å². The van der Waals surface area contributed by atoms with E-state index in [0.29, 0.717) is 31.6 Å². The summed E-state index contributed by atoms with van der Waals surface area (Å²) in [6.45, 7) is 2.94. The standard InChI is InChI=1S/C15H25N3O4S.ClH/c1-5-6-11-14-12(18(15(11)20)23(4,21)22)7-10-17(14)13(19)8-9-16(2)3;/h7,11,14H,5-6,8-10H2,1-4H3;1H/t11-,14-;/m1./s1. The monoisotopic (exact) mass is 379 g/mol. The van der Waals surface area contributed by atoms with Crippen LogP contribution in [-0.2, 0) is 19.6 Å². The van der Waals surface area contributed by atoms with Gasteiger partial charge in [0.05, 0.1) is 23.9 Å². The molecule has 2 atom stereocenters. The summed E-state index contributed by atoms with van der Waals surface area (Å²) in [6, 6.07) is -0.438. The molecule has 2 rings (SSSR count). The van der Waals surface area contributed by atoms with Crippen LogP contribution >= 0.6 is 12.4 Å². The predicted octanol–water partition coefficient (Wildman–Crippen LogP) is 0.673. The molecule has 24 heavy (non-hydrogen) atoms. The molecule has 0 radical (unpaired) electrons. The molecule has 0 aromatic heterocycles. The largest absolute Gasteiger partial charge is 0.329 e. The van der Waals surface area contributed by atoms with Gasteiger partial charge in [0.1, 0.15) is 0 Å². The van der Waals surface area contributed by atoms with Gasteiger partial charge in [-0.15, -0.1) is 12.4 Å². The van der Waals surface area contributed by atoms with Crippen LogP contribution in [0.1, 0.15) is 26.2 Å². The van der Waals surface area contributed by atoms with E-state index >= 15 is 0 Å². The second-order valence-electron chi connectivity index (χ2n) is 6.43. The molecule has 0 aliphatic carbocycles. The Morgan fingerprint density at radius 1 is 1.38 bits per heavy atom. The average Bonchev–Trinajstić information content (AvgIpc) is 2.95. The highest BCUT2D eigenvalue weighted by Crippen LogP contribution is 2.40. The van der Waals surface area contributed by atoms with Gasteiger partial charge in [0.2, 0.25) is 21.8 Å². The minimum absolute atomic E-state index is 0. The zero-order valence-electron chi connectivity index (χ0n) is 14.6. The van der Waals surface area contributed by atoms with E-state index in [4.69, 9.17) is 0 Å². The predicted molar refractivity (Wildman–Crippen MR) is 94.1 cm³/mol. The fourth-order valence-electron chi connectivity index (χ4n) is 3.29. The number of amides is 2. The minimum atomic E-state index is -3.66. The van der Waals surface area contributed by atoms with Crippen molar-refractivity contribution in [3.05, 3.63) is 11.8 Å². The van der Waals surface area contributed by atoms with Gasteiger partial charge in [0.15, 0.2) is 0 Å². The summed E-state index contributed by atoms with van der Waals surface area (Å²) in [5.74, 6) is -0.915. The number of nitrogens with zero attached hydrogens (tertiary/aromatic N) is 3. The maximum absolute atomic E-state index is 12.5. The van der Waals surface area contributed by atoms with Gasteiger partial charge < -0.3 is 9.80 Å². The first kappa shape index (κ1) is 20.9. The SMILES string of the molecule is CCC[C@H]1C(=O)N(S(C)(=O)=O)C2=CCN(C(=O)CCN(C)C)[C@@H]21.Cl. The highest BCUT2D eigenvalue weighted by Gasteiger charge is 2.53. The highest BCUT2D eigenvalue weighted by atomic mass is 35.5. The lowest BCUT2D eigenvalue weighted by Crippen LogP contribution is -2.42. The normalized spacial score (nSPS) is 23.4. The van der Waals surface area contributed by atoms with Crippen molar-refractivity contribution in [2.45, 2.75) is 32.2 Å². The van der Waals surface area contributed by atoms with Crippen LogP contribution in [-0.4, -0.2) is 73.8 Å². The number of sulfonamides is 1. The lowest BCUT2D eigenvalue weighted by atomic mass is 9.96. The zero-order chi connectivity index (χ0) is 17.4. The Morgan fingerprint density at radius 3 is 2.50 bits per heavy atom. The third-order valence-corrected chi connectivity index (χ3v) is 5.35. The molecule has 0 aromatic carbocycles. The molecule has 2 amide bonds. The second-order valence-corrected chi connectivity index (χ2v) is 8.27. The maximum atomic E-state index is 12.5. The molecule has 0 bridgehead atoms. The molecule has 2 aliphatic rings. The molecule has 9 heteroatoms. The van der Waals surface area contributed by atoms with Gasteiger partial charge in [0, 0.05) is 19.5 Å². The van der Waals surface area contributed by atoms with Crippen LogP contribution in [0, 0.1) is 5.92 Å². The average molecular weight is 380 g/mol. The minimum Gasteiger partial charge on any atom is -0.329 e. The molecular formula is C15H26ClN3O4S. The van der Waals surface area contributed by atoms with E-state index in [9.17, 15) is 18.0 Å². The van der Waals surface area contributed by atoms with Gasteiger partial charge in [-0.25, -0.2) is 12.7 Å². The summed E-state index contributed by atoms with van der Waals surface area (Å²) in [5.41, 5.74) is 0.453. The number of hydrogen-bond acceptors (Lipinski definition) is 5. The van der Waals surface area contributed by atoms with Gasteiger partial charge >= 0.3 is 0 Å². The molecule has 1 saturated heterocycles. The number of hydrogen-bond donors (Lipinski definition) is 0. The molecule has 0 unspecified atom stereocenters. The quantitative estimate of drug-likeness (QED) is 0.678. The molecule has 0 spiro atoms. The van der Waals surface area contributed by atoms with Crippen LogP contribution in [0.2, 0.25) is 0 Å². The van der Waals surface area contributed by atoms with E-state index in [-0.39, 0.29) is 18.3 Å². The second kappa shape index (κ2) is 7.84. The molecule has 7 nitrogen and oxygen atoms in total. The van der Waals surface area contributed by atoms with Crippen molar-refractivity contribution in [3.8, 4) is 0 Å². The highest BCUT2D eigenvalue weighted by molar-refractivity contribution is 7.89. The summed E-state index contributed by atoms with van der Waals surface area (Å²) in [6.07, 6.45) is 4.43. The molecule has 1 fully saturated rings. The number of carbonyl (C=O) groups excluding carboxylic acids is 2. The summed E-state index contributed by atoms with van der Waals surface area (Å²) in [4.78, 5) is 28.6. The third-order valence-electron chi connectivity index (χ3n) is 4.29. The van der Waals surface area contributed by atoms with E-state index in [1.807, 2.05) is 25.9 Å². The van der Waals surface area contributed by atoms with Gasteiger partial charge in [0.25, 0.3) is 0 Å². The molecule has 0 saturated carbocycles. The molecule has 138 valence electrons. The molecule has 0 N–H and O–H groups in total. The fourth-order valence-corrected chi connectivity index (χ4v) is 4.32. The number of fused-ring (bicyclic) bond motifs is 1. The maximum Gasteiger partial charge on any atom is 0.246 e. The van der Waals surface area contributed by atoms with Crippen molar-refractivity contribution in [2.24, 2.45) is 5.92 Å². The van der Waals surface area contributed by atoms with E-state index in [1.54, 1.807) is 11.0 Å². The summed E-state index contributed by atoms with van der Waals surface area (Å²) >= 11 is 0. The van der Waals surface area contributed by atoms with Crippen molar-refractivity contribution in [1.29, 1.82) is 0 Å². The molecule has 2 heterocycles. The van der Waals surface area contributed by atoms with E-state index < -0.39 is 27.9 Å². The van der Waals surface area contributed by atoms with Gasteiger partial charge in [-0.2, -0.15) is 0 Å². The van der Waals surface area contributed by atoms with Crippen molar-refractivity contribution < 1.29 is 18.0 Å². The smallest absolute Gasteiger partial charge is 0.246 e. The first-order valence-corrected chi connectivity index (χ1v) is 9.71. The third kappa shape index (κ3) is 3.92. The molecule has 0 aromatic rings. The Hall–Kier alpha value is -1.12. The van der Waals surface area contributed by atoms with Crippen LogP contribution in [0.15, 0.2) is 11.8 Å². The van der Waals surface area contributed by atoms with Crippen molar-refractivity contribution in [1.82, 2.24) is 14.1 Å². The van der Waals surface area contributed by atoms with E-state index in [2.05, 4.69) is 0 Å². The summed E-state index contributed by atoms with van der Waals surface area (Å²) < 4.78 is 24.9. The fraction of sp³-hybridized carbons (Fsp3) is 0.733. The number of carbonyl (C=O) groups is 2. The lowest BCUT2D eigenvalue weighted by Gasteiger charge is -2.27. The Balaban J connectivity index is 0.00000288. The Labute approximate surface area is 150 Å². The van der Waals surface area contributed by atoms with Crippen molar-refractivity contribution in [2.75, 3.05) is 33.4 Å². The lowest BCUT2D eigenvalue weighted by molar-refractivity contribution is -0.134. The van der Waals surface area contributed by atoms with Gasteiger partial charge in [-0.1, -0.05) is 13.3 Å². The molecular weight excluding hydrogens is 354 g/mol. The van der Waals surface area contributed by atoms with Crippen LogP contribution < -0.4 is 0 Å². The van der Waals surface area contributed by atoms with Crippen molar-refractivity contribution in [3.63, 3.8) is 0 Å². The van der Waals surface area contributed by atoms with Gasteiger partial charge in [-0.05, 0) is 26.6 Å². The first-order chi connectivity index (χ1) is 10.7. The molecule has 2 aliphatic heterocycles. The van der Waals surface area contributed by atoms with Gasteiger partial charge in [-0.3, -0.25) is 9.59 Å². The first-order valence-electron chi connectivity index (χ1n) is 7.86. The summed E-state index contributed by atoms with van der Waals surface area (Å²) in [5, 5.41) is 0. The van der Waals surface area contributed by atoms with Crippen LogP contribution in [0.4, 0.5) is 0 Å². The number of rotatable bonds is 6. The topological polar surface area (TPSA) is 78.0 Å².